The third-order valence-electron chi connectivity index (χ3n) is 5.04. The van der Waals surface area contributed by atoms with Gasteiger partial charge in [0.15, 0.2) is 0 Å². The van der Waals surface area contributed by atoms with Crippen molar-refractivity contribution in [3.8, 4) is 0 Å². The third kappa shape index (κ3) is 4.53. The highest BCUT2D eigenvalue weighted by Crippen LogP contribution is 2.28. The van der Waals surface area contributed by atoms with E-state index in [1.54, 1.807) is 0 Å². The fraction of sp³-hybridized carbons (Fsp3) is 0.882. The Kier molecular flexibility index (Phi) is 6.21. The predicted molar refractivity (Wildman–Crippen MR) is 91.9 cm³/mol. The Morgan fingerprint density at radius 3 is 2.83 bits per heavy atom. The summed E-state index contributed by atoms with van der Waals surface area (Å²) in [7, 11) is 6.14. The SMILES string of the molecule is CN(C)CCOCC1CN(CC2CCOCC2)Cc2nnn(C)c21. The minimum absolute atomic E-state index is 0.357. The molecule has 1 atom stereocenters. The Labute approximate surface area is 144 Å². The van der Waals surface area contributed by atoms with Gasteiger partial charge in [-0.1, -0.05) is 5.21 Å². The summed E-state index contributed by atoms with van der Waals surface area (Å²) in [5, 5.41) is 8.63. The number of aryl methyl sites for hydroxylation is 1. The van der Waals surface area contributed by atoms with Crippen LogP contribution in [-0.4, -0.2) is 85.0 Å². The first-order valence-corrected chi connectivity index (χ1v) is 9.04. The van der Waals surface area contributed by atoms with Crippen LogP contribution in [0.3, 0.4) is 0 Å². The number of nitrogens with zero attached hydrogens (tertiary/aromatic N) is 5. The first kappa shape index (κ1) is 17.8. The fourth-order valence-electron chi connectivity index (χ4n) is 3.73. The molecule has 1 unspecified atom stereocenters. The molecule has 7 nitrogen and oxygen atoms in total. The number of ether oxygens (including phenoxy) is 2. The highest BCUT2D eigenvalue weighted by atomic mass is 16.5. The Morgan fingerprint density at radius 2 is 2.08 bits per heavy atom. The Bertz CT molecular complexity index is 513. The van der Waals surface area contributed by atoms with E-state index in [0.29, 0.717) is 5.92 Å². The normalized spacial score (nSPS) is 22.9. The lowest BCUT2D eigenvalue weighted by Crippen LogP contribution is -2.40. The maximum atomic E-state index is 5.95. The summed E-state index contributed by atoms with van der Waals surface area (Å²) >= 11 is 0. The van der Waals surface area contributed by atoms with E-state index in [1.165, 1.54) is 18.5 Å². The van der Waals surface area contributed by atoms with Crippen molar-refractivity contribution >= 4 is 0 Å². The van der Waals surface area contributed by atoms with Crippen molar-refractivity contribution in [2.24, 2.45) is 13.0 Å². The number of likely N-dealkylation sites (N-methyl/N-ethyl adjacent to an activating group) is 1. The molecule has 2 aliphatic rings. The molecule has 3 heterocycles. The van der Waals surface area contributed by atoms with Crippen LogP contribution in [0.15, 0.2) is 0 Å². The fourth-order valence-corrected chi connectivity index (χ4v) is 3.73. The van der Waals surface area contributed by atoms with Crippen LogP contribution in [0.4, 0.5) is 0 Å². The van der Waals surface area contributed by atoms with Crippen molar-refractivity contribution in [3.05, 3.63) is 11.4 Å². The highest BCUT2D eigenvalue weighted by molar-refractivity contribution is 5.19. The van der Waals surface area contributed by atoms with Gasteiger partial charge in [0.2, 0.25) is 0 Å². The Balaban J connectivity index is 1.59. The van der Waals surface area contributed by atoms with Gasteiger partial charge in [0.05, 0.1) is 18.9 Å². The molecule has 1 aromatic heterocycles. The summed E-state index contributed by atoms with van der Waals surface area (Å²) in [6, 6.07) is 0. The van der Waals surface area contributed by atoms with Gasteiger partial charge in [-0.05, 0) is 32.9 Å². The van der Waals surface area contributed by atoms with Gasteiger partial charge >= 0.3 is 0 Å². The van der Waals surface area contributed by atoms with Crippen molar-refractivity contribution in [1.82, 2.24) is 24.8 Å². The second-order valence-electron chi connectivity index (χ2n) is 7.37. The zero-order valence-electron chi connectivity index (χ0n) is 15.3. The molecule has 2 aliphatic heterocycles. The number of hydrogen-bond acceptors (Lipinski definition) is 6. The highest BCUT2D eigenvalue weighted by Gasteiger charge is 2.31. The van der Waals surface area contributed by atoms with E-state index in [4.69, 9.17) is 9.47 Å². The topological polar surface area (TPSA) is 55.6 Å². The van der Waals surface area contributed by atoms with Gasteiger partial charge in [0.1, 0.15) is 5.69 Å². The minimum Gasteiger partial charge on any atom is -0.381 e. The quantitative estimate of drug-likeness (QED) is 0.684. The van der Waals surface area contributed by atoms with Crippen LogP contribution in [0.1, 0.15) is 30.1 Å². The summed E-state index contributed by atoms with van der Waals surface area (Å²) in [5.74, 6) is 1.10. The average Bonchev–Trinajstić information content (AvgIpc) is 2.93. The van der Waals surface area contributed by atoms with Gasteiger partial charge in [-0.15, -0.1) is 5.10 Å². The predicted octanol–water partition coefficient (Wildman–Crippen LogP) is 0.719. The third-order valence-corrected chi connectivity index (χ3v) is 5.04. The van der Waals surface area contributed by atoms with Crippen molar-refractivity contribution in [3.63, 3.8) is 0 Å². The van der Waals surface area contributed by atoms with Gasteiger partial charge < -0.3 is 14.4 Å². The van der Waals surface area contributed by atoms with E-state index in [-0.39, 0.29) is 0 Å². The van der Waals surface area contributed by atoms with E-state index < -0.39 is 0 Å². The van der Waals surface area contributed by atoms with Crippen LogP contribution in [-0.2, 0) is 23.1 Å². The zero-order chi connectivity index (χ0) is 16.9. The first-order chi connectivity index (χ1) is 11.6. The summed E-state index contributed by atoms with van der Waals surface area (Å²) in [5.41, 5.74) is 2.38. The molecule has 0 aromatic carbocycles. The van der Waals surface area contributed by atoms with Crippen molar-refractivity contribution in [1.29, 1.82) is 0 Å². The second kappa shape index (κ2) is 8.38. The number of fused-ring (bicyclic) bond motifs is 1. The number of aromatic nitrogens is 3. The molecule has 0 aliphatic carbocycles. The monoisotopic (exact) mass is 337 g/mol. The first-order valence-electron chi connectivity index (χ1n) is 9.04. The molecule has 1 fully saturated rings. The van der Waals surface area contributed by atoms with E-state index in [9.17, 15) is 0 Å². The number of rotatable bonds is 7. The van der Waals surface area contributed by atoms with Crippen molar-refractivity contribution in [2.75, 3.05) is 60.2 Å². The van der Waals surface area contributed by atoms with E-state index in [0.717, 1.165) is 64.2 Å². The van der Waals surface area contributed by atoms with Crippen LogP contribution in [0.5, 0.6) is 0 Å². The molecule has 1 aromatic rings. The summed E-state index contributed by atoms with van der Waals surface area (Å²) in [6.07, 6.45) is 2.35. The van der Waals surface area contributed by atoms with Crippen molar-refractivity contribution < 1.29 is 9.47 Å². The molecule has 1 saturated heterocycles. The van der Waals surface area contributed by atoms with Crippen LogP contribution >= 0.6 is 0 Å². The molecular formula is C17H31N5O2. The lowest BCUT2D eigenvalue weighted by atomic mass is 9.95. The minimum atomic E-state index is 0.357. The Morgan fingerprint density at radius 1 is 1.29 bits per heavy atom. The largest absolute Gasteiger partial charge is 0.381 e. The zero-order valence-corrected chi connectivity index (χ0v) is 15.3. The molecule has 0 bridgehead atoms. The van der Waals surface area contributed by atoms with Crippen LogP contribution < -0.4 is 0 Å². The molecule has 7 heteroatoms. The van der Waals surface area contributed by atoms with Gasteiger partial charge in [-0.25, -0.2) is 0 Å². The second-order valence-corrected chi connectivity index (χ2v) is 7.37. The van der Waals surface area contributed by atoms with Gasteiger partial charge in [0, 0.05) is 52.4 Å². The summed E-state index contributed by atoms with van der Waals surface area (Å²) in [4.78, 5) is 4.68. The van der Waals surface area contributed by atoms with Crippen molar-refractivity contribution in [2.45, 2.75) is 25.3 Å². The van der Waals surface area contributed by atoms with E-state index in [2.05, 4.69) is 34.2 Å². The molecule has 136 valence electrons. The van der Waals surface area contributed by atoms with Gasteiger partial charge in [-0.2, -0.15) is 0 Å². The average molecular weight is 337 g/mol. The van der Waals surface area contributed by atoms with Gasteiger partial charge in [-0.3, -0.25) is 9.58 Å². The van der Waals surface area contributed by atoms with Gasteiger partial charge in [0.25, 0.3) is 0 Å². The Hall–Kier alpha value is -1.02. The standard InChI is InChI=1S/C17H31N5O2/c1-20(2)6-9-24-13-15-11-22(10-14-4-7-23-8-5-14)12-16-17(15)21(3)19-18-16/h14-15H,4-13H2,1-3H3. The maximum absolute atomic E-state index is 5.95. The molecule has 0 spiro atoms. The molecule has 0 saturated carbocycles. The van der Waals surface area contributed by atoms with Crippen LogP contribution in [0, 0.1) is 5.92 Å². The molecule has 0 amide bonds. The smallest absolute Gasteiger partial charge is 0.100 e. The molecular weight excluding hydrogens is 306 g/mol. The molecule has 3 rings (SSSR count). The van der Waals surface area contributed by atoms with E-state index in [1.807, 2.05) is 11.7 Å². The maximum Gasteiger partial charge on any atom is 0.100 e. The van der Waals surface area contributed by atoms with Crippen LogP contribution in [0.25, 0.3) is 0 Å². The summed E-state index contributed by atoms with van der Waals surface area (Å²) in [6.45, 7) is 7.36. The summed E-state index contributed by atoms with van der Waals surface area (Å²) < 4.78 is 13.4. The van der Waals surface area contributed by atoms with Crippen LogP contribution in [0.2, 0.25) is 0 Å². The lowest BCUT2D eigenvalue weighted by Gasteiger charge is -2.35. The van der Waals surface area contributed by atoms with E-state index >= 15 is 0 Å². The molecule has 24 heavy (non-hydrogen) atoms. The lowest BCUT2D eigenvalue weighted by molar-refractivity contribution is 0.0422. The molecule has 0 N–H and O–H groups in total. The number of hydrogen-bond donors (Lipinski definition) is 0. The molecule has 0 radical (unpaired) electrons.